The van der Waals surface area contributed by atoms with Crippen molar-refractivity contribution in [3.05, 3.63) is 33.3 Å². The fraction of sp³-hybridized carbons (Fsp3) is 0.333. The van der Waals surface area contributed by atoms with E-state index in [0.717, 1.165) is 11.1 Å². The monoisotopic (exact) mass is 217 g/mol. The molecular formula is C9H9Cl2NO. The van der Waals surface area contributed by atoms with Crippen LogP contribution in [0.1, 0.15) is 17.2 Å². The average Bonchev–Trinajstić information content (AvgIpc) is 2.27. The van der Waals surface area contributed by atoms with E-state index in [2.05, 4.69) is 0 Å². The smallest absolute Gasteiger partial charge is 0.0773 e. The third kappa shape index (κ3) is 1.44. The van der Waals surface area contributed by atoms with Crippen LogP contribution in [0.15, 0.2) is 12.1 Å². The second kappa shape index (κ2) is 3.14. The largest absolute Gasteiger partial charge is 0.391 e. The maximum atomic E-state index is 9.51. The van der Waals surface area contributed by atoms with E-state index in [9.17, 15) is 5.11 Å². The van der Waals surface area contributed by atoms with Gasteiger partial charge in [0.25, 0.3) is 0 Å². The normalized spacial score (nSPS) is 26.2. The van der Waals surface area contributed by atoms with E-state index in [-0.39, 0.29) is 6.04 Å². The summed E-state index contributed by atoms with van der Waals surface area (Å²) in [6, 6.07) is 3.08. The molecule has 0 saturated carbocycles. The Hall–Kier alpha value is -0.280. The number of rotatable bonds is 0. The molecule has 0 amide bonds. The van der Waals surface area contributed by atoms with Crippen LogP contribution in [0.25, 0.3) is 0 Å². The Morgan fingerprint density at radius 2 is 2.08 bits per heavy atom. The van der Waals surface area contributed by atoms with Gasteiger partial charge in [0.2, 0.25) is 0 Å². The molecule has 0 unspecified atom stereocenters. The summed E-state index contributed by atoms with van der Waals surface area (Å²) in [5, 5.41) is 10.6. The molecule has 4 heteroatoms. The molecule has 2 nitrogen and oxygen atoms in total. The molecule has 2 rings (SSSR count). The van der Waals surface area contributed by atoms with Gasteiger partial charge in [-0.3, -0.25) is 0 Å². The highest BCUT2D eigenvalue weighted by Crippen LogP contribution is 2.37. The molecule has 0 radical (unpaired) electrons. The zero-order valence-corrected chi connectivity index (χ0v) is 8.31. The van der Waals surface area contributed by atoms with E-state index >= 15 is 0 Å². The summed E-state index contributed by atoms with van der Waals surface area (Å²) in [5.74, 6) is 0. The topological polar surface area (TPSA) is 46.2 Å². The molecule has 1 aliphatic carbocycles. The maximum absolute atomic E-state index is 9.51. The number of benzene rings is 1. The first-order valence-electron chi connectivity index (χ1n) is 4.01. The molecule has 0 spiro atoms. The highest BCUT2D eigenvalue weighted by atomic mass is 35.5. The predicted octanol–water partition coefficient (Wildman–Crippen LogP) is 1.91. The van der Waals surface area contributed by atoms with Crippen molar-refractivity contribution < 1.29 is 5.11 Å². The lowest BCUT2D eigenvalue weighted by molar-refractivity contribution is 0.158. The molecule has 2 atom stereocenters. The standard InChI is InChI=1S/C9H9Cl2NO/c10-5-1-4-2-7(13)9(12)8(4)6(11)3-5/h1,3,7,9,13H,2,12H2/t7-,9-/m1/s1. The van der Waals surface area contributed by atoms with Crippen molar-refractivity contribution in [2.45, 2.75) is 18.6 Å². The first-order valence-corrected chi connectivity index (χ1v) is 4.76. The van der Waals surface area contributed by atoms with E-state index in [1.807, 2.05) is 0 Å². The fourth-order valence-corrected chi connectivity index (χ4v) is 2.39. The Labute approximate surface area is 86.3 Å². The first kappa shape index (κ1) is 9.28. The lowest BCUT2D eigenvalue weighted by Gasteiger charge is -2.10. The number of aliphatic hydroxyl groups excluding tert-OH is 1. The molecule has 3 N–H and O–H groups in total. The number of fused-ring (bicyclic) bond motifs is 1. The maximum Gasteiger partial charge on any atom is 0.0773 e. The molecule has 0 bridgehead atoms. The highest BCUT2D eigenvalue weighted by Gasteiger charge is 2.30. The quantitative estimate of drug-likeness (QED) is 0.698. The average molecular weight is 218 g/mol. The molecule has 0 fully saturated rings. The molecule has 0 aromatic heterocycles. The van der Waals surface area contributed by atoms with E-state index in [1.165, 1.54) is 0 Å². The lowest BCUT2D eigenvalue weighted by atomic mass is 10.1. The number of halogens is 2. The van der Waals surface area contributed by atoms with Gasteiger partial charge < -0.3 is 10.8 Å². The summed E-state index contributed by atoms with van der Waals surface area (Å²) in [7, 11) is 0. The van der Waals surface area contributed by atoms with Crippen molar-refractivity contribution in [2.24, 2.45) is 5.73 Å². The summed E-state index contributed by atoms with van der Waals surface area (Å²) in [6.45, 7) is 0. The minimum Gasteiger partial charge on any atom is -0.391 e. The third-order valence-electron chi connectivity index (χ3n) is 2.36. The van der Waals surface area contributed by atoms with E-state index in [0.29, 0.717) is 16.5 Å². The van der Waals surface area contributed by atoms with Gasteiger partial charge in [-0.1, -0.05) is 23.2 Å². The number of hydrogen-bond donors (Lipinski definition) is 2. The molecule has 0 heterocycles. The minimum atomic E-state index is -0.536. The van der Waals surface area contributed by atoms with Crippen LogP contribution in [-0.4, -0.2) is 11.2 Å². The van der Waals surface area contributed by atoms with Crippen molar-refractivity contribution in [3.8, 4) is 0 Å². The summed E-state index contributed by atoms with van der Waals surface area (Å²) in [6.07, 6.45) is 0.00233. The Bertz CT molecular complexity index is 354. The van der Waals surface area contributed by atoms with Gasteiger partial charge in [0.15, 0.2) is 0 Å². The lowest BCUT2D eigenvalue weighted by Crippen LogP contribution is -2.21. The van der Waals surface area contributed by atoms with Crippen LogP contribution in [0.3, 0.4) is 0 Å². The van der Waals surface area contributed by atoms with Crippen molar-refractivity contribution in [1.29, 1.82) is 0 Å². The van der Waals surface area contributed by atoms with Crippen LogP contribution in [0.5, 0.6) is 0 Å². The molecule has 0 aliphatic heterocycles. The van der Waals surface area contributed by atoms with Gasteiger partial charge >= 0.3 is 0 Å². The van der Waals surface area contributed by atoms with E-state index in [1.54, 1.807) is 12.1 Å². The van der Waals surface area contributed by atoms with Crippen LogP contribution >= 0.6 is 23.2 Å². The number of aliphatic hydroxyl groups is 1. The van der Waals surface area contributed by atoms with Crippen molar-refractivity contribution in [1.82, 2.24) is 0 Å². The van der Waals surface area contributed by atoms with Gasteiger partial charge in [-0.2, -0.15) is 0 Å². The number of nitrogens with two attached hydrogens (primary N) is 1. The van der Waals surface area contributed by atoms with E-state index < -0.39 is 6.10 Å². The second-order valence-corrected chi connectivity index (χ2v) is 4.10. The van der Waals surface area contributed by atoms with Crippen LogP contribution in [0.2, 0.25) is 10.0 Å². The zero-order chi connectivity index (χ0) is 9.59. The fourth-order valence-electron chi connectivity index (χ4n) is 1.72. The molecule has 1 aliphatic rings. The van der Waals surface area contributed by atoms with Gasteiger partial charge in [-0.05, 0) is 23.3 Å². The molecule has 1 aromatic rings. The van der Waals surface area contributed by atoms with Crippen molar-refractivity contribution in [3.63, 3.8) is 0 Å². The third-order valence-corrected chi connectivity index (χ3v) is 2.89. The summed E-state index contributed by atoms with van der Waals surface area (Å²) in [5.41, 5.74) is 7.55. The zero-order valence-electron chi connectivity index (χ0n) is 6.80. The Kier molecular flexibility index (Phi) is 2.24. The summed E-state index contributed by atoms with van der Waals surface area (Å²) < 4.78 is 0. The van der Waals surface area contributed by atoms with Gasteiger partial charge in [0, 0.05) is 16.5 Å². The number of hydrogen-bond acceptors (Lipinski definition) is 2. The van der Waals surface area contributed by atoms with Crippen LogP contribution in [-0.2, 0) is 6.42 Å². The summed E-state index contributed by atoms with van der Waals surface area (Å²) in [4.78, 5) is 0. The van der Waals surface area contributed by atoms with Crippen molar-refractivity contribution >= 4 is 23.2 Å². The highest BCUT2D eigenvalue weighted by molar-refractivity contribution is 6.35. The Morgan fingerprint density at radius 1 is 1.38 bits per heavy atom. The molecular weight excluding hydrogens is 209 g/mol. The van der Waals surface area contributed by atoms with Gasteiger partial charge in [-0.15, -0.1) is 0 Å². The predicted molar refractivity (Wildman–Crippen MR) is 53.1 cm³/mol. The van der Waals surface area contributed by atoms with Crippen molar-refractivity contribution in [2.75, 3.05) is 0 Å². The first-order chi connectivity index (χ1) is 6.09. The molecule has 70 valence electrons. The van der Waals surface area contributed by atoms with E-state index in [4.69, 9.17) is 28.9 Å². The van der Waals surface area contributed by atoms with Gasteiger partial charge in [-0.25, -0.2) is 0 Å². The second-order valence-electron chi connectivity index (χ2n) is 3.26. The van der Waals surface area contributed by atoms with Gasteiger partial charge in [0.05, 0.1) is 12.1 Å². The Balaban J connectivity index is 2.57. The molecule has 13 heavy (non-hydrogen) atoms. The Morgan fingerprint density at radius 3 is 2.77 bits per heavy atom. The summed E-state index contributed by atoms with van der Waals surface area (Å²) >= 11 is 11.8. The van der Waals surface area contributed by atoms with Crippen LogP contribution in [0.4, 0.5) is 0 Å². The SMILES string of the molecule is N[C@H]1c2c(Cl)cc(Cl)cc2C[C@H]1O. The van der Waals surface area contributed by atoms with Crippen LogP contribution in [0, 0.1) is 0 Å². The van der Waals surface area contributed by atoms with Crippen LogP contribution < -0.4 is 5.73 Å². The minimum absolute atomic E-state index is 0.375. The molecule has 0 saturated heterocycles. The van der Waals surface area contributed by atoms with Gasteiger partial charge in [0.1, 0.15) is 0 Å². The molecule has 1 aromatic carbocycles.